The Morgan fingerprint density at radius 3 is 2.47 bits per heavy atom. The second kappa shape index (κ2) is 10.5. The van der Waals surface area contributed by atoms with Crippen LogP contribution in [-0.2, 0) is 22.9 Å². The normalized spacial score (nSPS) is 11.4. The van der Waals surface area contributed by atoms with Crippen molar-refractivity contribution < 1.29 is 18.3 Å². The van der Waals surface area contributed by atoms with Crippen LogP contribution in [0.3, 0.4) is 0 Å². The van der Waals surface area contributed by atoms with Crippen LogP contribution in [-0.4, -0.2) is 26.7 Å². The Balaban J connectivity index is 1.46. The van der Waals surface area contributed by atoms with Crippen molar-refractivity contribution in [1.29, 1.82) is 0 Å². The summed E-state index contributed by atoms with van der Waals surface area (Å²) >= 11 is 5.81. The molecule has 0 amide bonds. The summed E-state index contributed by atoms with van der Waals surface area (Å²) < 4.78 is 33.0. The lowest BCUT2D eigenvalue weighted by Gasteiger charge is -2.10. The molecule has 0 aliphatic carbocycles. The Morgan fingerprint density at radius 1 is 0.933 bits per heavy atom. The van der Waals surface area contributed by atoms with Crippen molar-refractivity contribution in [3.8, 4) is 11.5 Å². The zero-order valence-corrected chi connectivity index (χ0v) is 18.0. The average molecular weight is 446 g/mol. The fraction of sp³-hybridized carbons (Fsp3) is 0.217. The van der Waals surface area contributed by atoms with Crippen LogP contribution in [0.1, 0.15) is 17.5 Å². The summed E-state index contributed by atoms with van der Waals surface area (Å²) in [5.41, 5.74) is 1.88. The minimum absolute atomic E-state index is 0.188. The summed E-state index contributed by atoms with van der Waals surface area (Å²) in [5.74, 6) is 1.05. The van der Waals surface area contributed by atoms with Gasteiger partial charge in [0.15, 0.2) is 0 Å². The van der Waals surface area contributed by atoms with Gasteiger partial charge in [0, 0.05) is 11.6 Å². The fourth-order valence-electron chi connectivity index (χ4n) is 2.99. The first-order valence-electron chi connectivity index (χ1n) is 9.68. The molecule has 2 N–H and O–H groups in total. The number of phenolic OH excluding ortho intramolecular Hbond substituents is 1. The van der Waals surface area contributed by atoms with E-state index in [9.17, 15) is 13.5 Å². The van der Waals surface area contributed by atoms with E-state index in [0.29, 0.717) is 23.8 Å². The highest BCUT2D eigenvalue weighted by Gasteiger charge is 2.13. The van der Waals surface area contributed by atoms with Gasteiger partial charge < -0.3 is 9.84 Å². The zero-order valence-electron chi connectivity index (χ0n) is 16.4. The SMILES string of the molecule is O=S(=O)(NCCc1cccc(OCCCc2ccccc2O)c1)c1ccc(Cl)cc1. The maximum absolute atomic E-state index is 12.3. The smallest absolute Gasteiger partial charge is 0.240 e. The maximum Gasteiger partial charge on any atom is 0.240 e. The first-order chi connectivity index (χ1) is 14.4. The molecule has 3 aromatic rings. The fourth-order valence-corrected chi connectivity index (χ4v) is 4.15. The molecule has 3 aromatic carbocycles. The quantitative estimate of drug-likeness (QED) is 0.448. The van der Waals surface area contributed by atoms with Gasteiger partial charge in [0.1, 0.15) is 11.5 Å². The highest BCUT2D eigenvalue weighted by molar-refractivity contribution is 7.89. The summed E-state index contributed by atoms with van der Waals surface area (Å²) in [7, 11) is -3.57. The molecule has 7 heteroatoms. The van der Waals surface area contributed by atoms with Crippen molar-refractivity contribution >= 4 is 21.6 Å². The number of phenols is 1. The van der Waals surface area contributed by atoms with Gasteiger partial charge in [-0.3, -0.25) is 0 Å². The summed E-state index contributed by atoms with van der Waals surface area (Å²) in [6.45, 7) is 0.808. The third-order valence-corrected chi connectivity index (χ3v) is 6.31. The molecule has 0 atom stereocenters. The molecule has 0 fully saturated rings. The molecule has 0 unspecified atom stereocenters. The van der Waals surface area contributed by atoms with Gasteiger partial charge in [0.2, 0.25) is 10.0 Å². The van der Waals surface area contributed by atoms with E-state index in [4.69, 9.17) is 16.3 Å². The number of ether oxygens (including phenoxy) is 1. The summed E-state index contributed by atoms with van der Waals surface area (Å²) in [4.78, 5) is 0.188. The van der Waals surface area contributed by atoms with Crippen LogP contribution < -0.4 is 9.46 Å². The lowest BCUT2D eigenvalue weighted by molar-refractivity contribution is 0.310. The minimum atomic E-state index is -3.57. The predicted molar refractivity (Wildman–Crippen MR) is 119 cm³/mol. The van der Waals surface area contributed by atoms with E-state index in [1.807, 2.05) is 36.4 Å². The number of halogens is 1. The number of hydrogen-bond donors (Lipinski definition) is 2. The topological polar surface area (TPSA) is 75.6 Å². The number of sulfonamides is 1. The monoisotopic (exact) mass is 445 g/mol. The van der Waals surface area contributed by atoms with Gasteiger partial charge in [-0.05, 0) is 72.9 Å². The van der Waals surface area contributed by atoms with Gasteiger partial charge >= 0.3 is 0 Å². The average Bonchev–Trinajstić information content (AvgIpc) is 2.73. The van der Waals surface area contributed by atoms with E-state index in [1.54, 1.807) is 24.3 Å². The Hall–Kier alpha value is -2.54. The highest BCUT2D eigenvalue weighted by atomic mass is 35.5. The second-order valence-electron chi connectivity index (χ2n) is 6.83. The Kier molecular flexibility index (Phi) is 7.74. The summed E-state index contributed by atoms with van der Waals surface area (Å²) in [6, 6.07) is 21.0. The molecule has 0 aliphatic heterocycles. The van der Waals surface area contributed by atoms with E-state index < -0.39 is 10.0 Å². The number of aryl methyl sites for hydroxylation is 1. The molecule has 0 saturated heterocycles. The molecule has 0 bridgehead atoms. The van der Waals surface area contributed by atoms with E-state index in [0.717, 1.165) is 29.7 Å². The third kappa shape index (κ3) is 6.49. The van der Waals surface area contributed by atoms with Gasteiger partial charge in [0.05, 0.1) is 11.5 Å². The third-order valence-electron chi connectivity index (χ3n) is 4.58. The molecule has 0 aliphatic rings. The van der Waals surface area contributed by atoms with Crippen molar-refractivity contribution in [1.82, 2.24) is 4.72 Å². The zero-order chi connectivity index (χ0) is 21.4. The van der Waals surface area contributed by atoms with Gasteiger partial charge in [-0.25, -0.2) is 13.1 Å². The standard InChI is InChI=1S/C23H24ClNO4S/c24-20-10-12-22(13-11-20)30(27,28)25-15-14-18-5-3-8-21(17-18)29-16-4-7-19-6-1-2-9-23(19)26/h1-3,5-6,8-13,17,25-26H,4,7,14-16H2. The molecule has 0 heterocycles. The molecule has 0 saturated carbocycles. The summed E-state index contributed by atoms with van der Waals surface area (Å²) in [6.07, 6.45) is 2.06. The Morgan fingerprint density at radius 2 is 1.70 bits per heavy atom. The van der Waals surface area contributed by atoms with Crippen LogP contribution in [0.15, 0.2) is 77.7 Å². The van der Waals surface area contributed by atoms with Crippen LogP contribution in [0.5, 0.6) is 11.5 Å². The van der Waals surface area contributed by atoms with E-state index in [2.05, 4.69) is 4.72 Å². The van der Waals surface area contributed by atoms with Crippen LogP contribution in [0.25, 0.3) is 0 Å². The van der Waals surface area contributed by atoms with E-state index in [-0.39, 0.29) is 11.4 Å². The molecule has 0 radical (unpaired) electrons. The molecular formula is C23H24ClNO4S. The van der Waals surface area contributed by atoms with Crippen LogP contribution >= 0.6 is 11.6 Å². The molecule has 158 valence electrons. The second-order valence-corrected chi connectivity index (χ2v) is 9.03. The maximum atomic E-state index is 12.3. The molecule has 3 rings (SSSR count). The molecule has 0 spiro atoms. The van der Waals surface area contributed by atoms with Crippen LogP contribution in [0, 0.1) is 0 Å². The minimum Gasteiger partial charge on any atom is -0.508 e. The number of nitrogens with one attached hydrogen (secondary N) is 1. The molecule has 0 aromatic heterocycles. The number of benzene rings is 3. The lowest BCUT2D eigenvalue weighted by atomic mass is 10.1. The van der Waals surface area contributed by atoms with Crippen molar-refractivity contribution in [3.63, 3.8) is 0 Å². The van der Waals surface area contributed by atoms with Crippen molar-refractivity contribution in [2.45, 2.75) is 24.2 Å². The van der Waals surface area contributed by atoms with Crippen molar-refractivity contribution in [2.75, 3.05) is 13.2 Å². The number of aromatic hydroxyl groups is 1. The molecule has 30 heavy (non-hydrogen) atoms. The number of hydrogen-bond acceptors (Lipinski definition) is 4. The highest BCUT2D eigenvalue weighted by Crippen LogP contribution is 2.19. The van der Waals surface area contributed by atoms with Crippen molar-refractivity contribution in [3.05, 3.63) is 88.9 Å². The van der Waals surface area contributed by atoms with Gasteiger partial charge in [-0.15, -0.1) is 0 Å². The Labute approximate surface area is 182 Å². The van der Waals surface area contributed by atoms with Gasteiger partial charge in [-0.1, -0.05) is 41.9 Å². The lowest BCUT2D eigenvalue weighted by Crippen LogP contribution is -2.25. The predicted octanol–water partition coefficient (Wildman–Crippen LogP) is 4.58. The Bertz CT molecular complexity index is 1070. The number of rotatable bonds is 10. The summed E-state index contributed by atoms with van der Waals surface area (Å²) in [5, 5.41) is 10.3. The van der Waals surface area contributed by atoms with Crippen LogP contribution in [0.4, 0.5) is 0 Å². The first kappa shape index (κ1) is 22.2. The van der Waals surface area contributed by atoms with Crippen LogP contribution in [0.2, 0.25) is 5.02 Å². The number of para-hydroxylation sites is 1. The van der Waals surface area contributed by atoms with Crippen molar-refractivity contribution in [2.24, 2.45) is 0 Å². The first-order valence-corrected chi connectivity index (χ1v) is 11.5. The molecular weight excluding hydrogens is 422 g/mol. The van der Waals surface area contributed by atoms with E-state index in [1.165, 1.54) is 12.1 Å². The largest absolute Gasteiger partial charge is 0.508 e. The molecule has 5 nitrogen and oxygen atoms in total. The van der Waals surface area contributed by atoms with Gasteiger partial charge in [0.25, 0.3) is 0 Å². The van der Waals surface area contributed by atoms with E-state index >= 15 is 0 Å². The van der Waals surface area contributed by atoms with Gasteiger partial charge in [-0.2, -0.15) is 0 Å².